The quantitative estimate of drug-likeness (QED) is 0.811. The Labute approximate surface area is 148 Å². The van der Waals surface area contributed by atoms with Gasteiger partial charge in [0.15, 0.2) is 0 Å². The third-order valence-corrected chi connectivity index (χ3v) is 3.94. The lowest BCUT2D eigenvalue weighted by atomic mass is 10.1. The Morgan fingerprint density at radius 3 is 2.32 bits per heavy atom. The van der Waals surface area contributed by atoms with E-state index in [1.165, 1.54) is 0 Å². The number of nitrogens with zero attached hydrogens (tertiary/aromatic N) is 1. The summed E-state index contributed by atoms with van der Waals surface area (Å²) in [7, 11) is 7.18. The van der Waals surface area contributed by atoms with E-state index >= 15 is 0 Å². The Hall–Kier alpha value is -2.73. The van der Waals surface area contributed by atoms with Crippen LogP contribution in [0.5, 0.6) is 11.5 Å². The zero-order valence-electron chi connectivity index (χ0n) is 15.1. The Kier molecular flexibility index (Phi) is 6.65. The number of amides is 2. The first-order valence-electron chi connectivity index (χ1n) is 8.03. The SMILES string of the molecule is COc1ccc(C(CNC(=O)Nc2ccccc2OC)N(C)C)cc1. The molecule has 6 nitrogen and oxygen atoms in total. The lowest BCUT2D eigenvalue weighted by Gasteiger charge is -2.25. The molecular weight excluding hydrogens is 318 g/mol. The van der Waals surface area contributed by atoms with Gasteiger partial charge in [-0.3, -0.25) is 0 Å². The topological polar surface area (TPSA) is 62.8 Å². The minimum atomic E-state index is -0.273. The van der Waals surface area contributed by atoms with Crippen LogP contribution in [-0.2, 0) is 0 Å². The number of anilines is 1. The number of hydrogen-bond acceptors (Lipinski definition) is 4. The number of likely N-dealkylation sites (N-methyl/N-ethyl adjacent to an activating group) is 1. The maximum atomic E-state index is 12.2. The highest BCUT2D eigenvalue weighted by atomic mass is 16.5. The van der Waals surface area contributed by atoms with E-state index in [2.05, 4.69) is 15.5 Å². The van der Waals surface area contributed by atoms with E-state index < -0.39 is 0 Å². The maximum Gasteiger partial charge on any atom is 0.319 e. The maximum absolute atomic E-state index is 12.2. The number of carbonyl (C=O) groups excluding carboxylic acids is 1. The van der Waals surface area contributed by atoms with Crippen LogP contribution < -0.4 is 20.1 Å². The molecule has 2 N–H and O–H groups in total. The van der Waals surface area contributed by atoms with Crippen molar-refractivity contribution in [2.75, 3.05) is 40.2 Å². The van der Waals surface area contributed by atoms with Crippen LogP contribution in [0.2, 0.25) is 0 Å². The summed E-state index contributed by atoms with van der Waals surface area (Å²) < 4.78 is 10.4. The molecule has 1 unspecified atom stereocenters. The molecule has 0 aliphatic heterocycles. The van der Waals surface area contributed by atoms with Crippen molar-refractivity contribution in [2.45, 2.75) is 6.04 Å². The van der Waals surface area contributed by atoms with E-state index in [1.54, 1.807) is 26.4 Å². The predicted molar refractivity (Wildman–Crippen MR) is 99.4 cm³/mol. The predicted octanol–water partition coefficient (Wildman–Crippen LogP) is 3.13. The molecule has 0 heterocycles. The summed E-state index contributed by atoms with van der Waals surface area (Å²) in [6.45, 7) is 0.473. The van der Waals surface area contributed by atoms with Crippen LogP contribution >= 0.6 is 0 Å². The Morgan fingerprint density at radius 1 is 1.04 bits per heavy atom. The van der Waals surface area contributed by atoms with Crippen molar-refractivity contribution in [3.63, 3.8) is 0 Å². The van der Waals surface area contributed by atoms with Gasteiger partial charge >= 0.3 is 6.03 Å². The van der Waals surface area contributed by atoms with E-state index in [9.17, 15) is 4.79 Å². The first-order chi connectivity index (χ1) is 12.0. The second-order valence-corrected chi connectivity index (χ2v) is 5.79. The van der Waals surface area contributed by atoms with Crippen molar-refractivity contribution < 1.29 is 14.3 Å². The largest absolute Gasteiger partial charge is 0.497 e. The number of methoxy groups -OCH3 is 2. The van der Waals surface area contributed by atoms with Gasteiger partial charge in [0, 0.05) is 6.54 Å². The fourth-order valence-electron chi connectivity index (χ4n) is 2.53. The first kappa shape index (κ1) is 18.6. The fraction of sp³-hybridized carbons (Fsp3) is 0.316. The molecule has 0 aromatic heterocycles. The van der Waals surface area contributed by atoms with Gasteiger partial charge in [0.05, 0.1) is 25.9 Å². The molecule has 2 amide bonds. The molecule has 25 heavy (non-hydrogen) atoms. The zero-order chi connectivity index (χ0) is 18.2. The molecule has 0 aliphatic carbocycles. The van der Waals surface area contributed by atoms with Gasteiger partial charge < -0.3 is 25.0 Å². The van der Waals surface area contributed by atoms with E-state index in [0.29, 0.717) is 18.0 Å². The molecular formula is C19H25N3O3. The molecule has 0 aliphatic rings. The van der Waals surface area contributed by atoms with Crippen molar-refractivity contribution in [1.82, 2.24) is 10.2 Å². The molecule has 2 aromatic rings. The van der Waals surface area contributed by atoms with E-state index in [4.69, 9.17) is 9.47 Å². The highest BCUT2D eigenvalue weighted by molar-refractivity contribution is 5.90. The highest BCUT2D eigenvalue weighted by Crippen LogP contribution is 2.23. The summed E-state index contributed by atoms with van der Waals surface area (Å²) in [5.74, 6) is 1.43. The summed E-state index contributed by atoms with van der Waals surface area (Å²) in [5.41, 5.74) is 1.73. The Morgan fingerprint density at radius 2 is 1.72 bits per heavy atom. The van der Waals surface area contributed by atoms with Crippen molar-refractivity contribution in [3.05, 3.63) is 54.1 Å². The van der Waals surface area contributed by atoms with E-state index in [1.807, 2.05) is 50.5 Å². The molecule has 134 valence electrons. The average Bonchev–Trinajstić information content (AvgIpc) is 2.62. The van der Waals surface area contributed by atoms with Gasteiger partial charge in [-0.15, -0.1) is 0 Å². The molecule has 0 saturated heterocycles. The van der Waals surface area contributed by atoms with Gasteiger partial charge in [-0.2, -0.15) is 0 Å². The number of rotatable bonds is 7. The van der Waals surface area contributed by atoms with Crippen molar-refractivity contribution in [3.8, 4) is 11.5 Å². The molecule has 6 heteroatoms. The van der Waals surface area contributed by atoms with Crippen molar-refractivity contribution in [2.24, 2.45) is 0 Å². The van der Waals surface area contributed by atoms with Crippen LogP contribution in [-0.4, -0.2) is 45.8 Å². The standard InChI is InChI=1S/C19H25N3O3/c1-22(2)17(14-9-11-15(24-3)12-10-14)13-20-19(23)21-16-7-5-6-8-18(16)25-4/h5-12,17H,13H2,1-4H3,(H2,20,21,23). The lowest BCUT2D eigenvalue weighted by Crippen LogP contribution is -2.36. The van der Waals surface area contributed by atoms with E-state index in [0.717, 1.165) is 11.3 Å². The normalized spacial score (nSPS) is 11.7. The summed E-state index contributed by atoms with van der Waals surface area (Å²) in [6.07, 6.45) is 0. The second-order valence-electron chi connectivity index (χ2n) is 5.79. The zero-order valence-corrected chi connectivity index (χ0v) is 15.1. The van der Waals surface area contributed by atoms with Gasteiger partial charge in [0.25, 0.3) is 0 Å². The number of nitrogens with one attached hydrogen (secondary N) is 2. The summed E-state index contributed by atoms with van der Waals surface area (Å²) in [5, 5.41) is 5.72. The minimum Gasteiger partial charge on any atom is -0.497 e. The van der Waals surface area contributed by atoms with Crippen LogP contribution in [0.15, 0.2) is 48.5 Å². The molecule has 2 rings (SSSR count). The number of benzene rings is 2. The second kappa shape index (κ2) is 8.94. The summed E-state index contributed by atoms with van der Waals surface area (Å²) in [6, 6.07) is 14.9. The first-order valence-corrected chi connectivity index (χ1v) is 8.03. The highest BCUT2D eigenvalue weighted by Gasteiger charge is 2.16. The van der Waals surface area contributed by atoms with Gasteiger partial charge in [0.2, 0.25) is 0 Å². The van der Waals surface area contributed by atoms with Crippen molar-refractivity contribution >= 4 is 11.7 Å². The third-order valence-electron chi connectivity index (χ3n) is 3.94. The van der Waals surface area contributed by atoms with Crippen LogP contribution in [0.3, 0.4) is 0 Å². The number of para-hydroxylation sites is 2. The van der Waals surface area contributed by atoms with Crippen molar-refractivity contribution in [1.29, 1.82) is 0 Å². The Bertz CT molecular complexity index is 687. The van der Waals surface area contributed by atoms with Crippen LogP contribution in [0.4, 0.5) is 10.5 Å². The van der Waals surface area contributed by atoms with Gasteiger partial charge in [-0.1, -0.05) is 24.3 Å². The lowest BCUT2D eigenvalue weighted by molar-refractivity contribution is 0.243. The van der Waals surface area contributed by atoms with Crippen LogP contribution in [0.1, 0.15) is 11.6 Å². The number of carbonyl (C=O) groups is 1. The molecule has 0 saturated carbocycles. The monoisotopic (exact) mass is 343 g/mol. The van der Waals surface area contributed by atoms with E-state index in [-0.39, 0.29) is 12.1 Å². The molecule has 2 aromatic carbocycles. The Balaban J connectivity index is 1.99. The smallest absolute Gasteiger partial charge is 0.319 e. The van der Waals surface area contributed by atoms with Gasteiger partial charge in [0.1, 0.15) is 11.5 Å². The summed E-state index contributed by atoms with van der Waals surface area (Å²) >= 11 is 0. The molecule has 0 spiro atoms. The molecule has 0 bridgehead atoms. The van der Waals surface area contributed by atoms with Gasteiger partial charge in [-0.25, -0.2) is 4.79 Å². The fourth-order valence-corrected chi connectivity index (χ4v) is 2.53. The van der Waals surface area contributed by atoms with Crippen LogP contribution in [0.25, 0.3) is 0 Å². The van der Waals surface area contributed by atoms with Gasteiger partial charge in [-0.05, 0) is 43.9 Å². The minimum absolute atomic E-state index is 0.0503. The molecule has 0 fully saturated rings. The number of hydrogen-bond donors (Lipinski definition) is 2. The van der Waals surface area contributed by atoms with Crippen LogP contribution in [0, 0.1) is 0 Å². The summed E-state index contributed by atoms with van der Waals surface area (Å²) in [4.78, 5) is 14.3. The molecule has 0 radical (unpaired) electrons. The number of ether oxygens (including phenoxy) is 2. The number of urea groups is 1. The molecule has 1 atom stereocenters. The third kappa shape index (κ3) is 5.12. The average molecular weight is 343 g/mol.